The van der Waals surface area contributed by atoms with Gasteiger partial charge in [-0.3, -0.25) is 4.79 Å². The lowest BCUT2D eigenvalue weighted by atomic mass is 9.98. The molecule has 0 saturated heterocycles. The molecule has 1 aromatic carbocycles. The molecular weight excluding hydrogens is 258 g/mol. The van der Waals surface area contributed by atoms with Crippen molar-refractivity contribution in [3.8, 4) is 0 Å². The SMILES string of the molecule is CCc1ccc2nc(C3(O)C=CC(=O)C=C3)sc2c1. The normalized spacial score (nSPS) is 17.3. The van der Waals surface area contributed by atoms with Gasteiger partial charge in [-0.25, -0.2) is 4.98 Å². The minimum absolute atomic E-state index is 0.112. The van der Waals surface area contributed by atoms with Gasteiger partial charge < -0.3 is 5.11 Å². The number of carbonyl (C=O) groups is 1. The van der Waals surface area contributed by atoms with Gasteiger partial charge in [0.15, 0.2) is 11.4 Å². The van der Waals surface area contributed by atoms with Gasteiger partial charge in [0.05, 0.1) is 10.2 Å². The van der Waals surface area contributed by atoms with E-state index in [1.165, 1.54) is 41.2 Å². The highest BCUT2D eigenvalue weighted by Gasteiger charge is 2.29. The third-order valence-electron chi connectivity index (χ3n) is 3.21. The lowest BCUT2D eigenvalue weighted by molar-refractivity contribution is -0.110. The number of rotatable bonds is 2. The summed E-state index contributed by atoms with van der Waals surface area (Å²) in [5.74, 6) is -0.112. The second kappa shape index (κ2) is 4.40. The van der Waals surface area contributed by atoms with E-state index >= 15 is 0 Å². The summed E-state index contributed by atoms with van der Waals surface area (Å²) in [5, 5.41) is 11.1. The quantitative estimate of drug-likeness (QED) is 0.913. The van der Waals surface area contributed by atoms with Gasteiger partial charge >= 0.3 is 0 Å². The number of aromatic nitrogens is 1. The number of thiazole rings is 1. The summed E-state index contributed by atoms with van der Waals surface area (Å²) in [4.78, 5) is 15.6. The van der Waals surface area contributed by atoms with Gasteiger partial charge in [0.25, 0.3) is 0 Å². The predicted molar refractivity (Wildman–Crippen MR) is 76.2 cm³/mol. The Balaban J connectivity index is 2.08. The molecule has 4 heteroatoms. The number of aryl methyl sites for hydroxylation is 1. The largest absolute Gasteiger partial charge is 0.375 e. The zero-order valence-corrected chi connectivity index (χ0v) is 11.3. The van der Waals surface area contributed by atoms with E-state index in [1.807, 2.05) is 12.1 Å². The van der Waals surface area contributed by atoms with Crippen LogP contribution < -0.4 is 0 Å². The Bertz CT molecular complexity index is 696. The minimum Gasteiger partial charge on any atom is -0.375 e. The number of allylic oxidation sites excluding steroid dienone is 2. The second-order valence-electron chi connectivity index (χ2n) is 4.57. The van der Waals surface area contributed by atoms with Crippen molar-refractivity contribution in [1.29, 1.82) is 0 Å². The van der Waals surface area contributed by atoms with Crippen LogP contribution in [-0.2, 0) is 16.8 Å². The van der Waals surface area contributed by atoms with Crippen molar-refractivity contribution in [2.24, 2.45) is 0 Å². The average molecular weight is 271 g/mol. The summed E-state index contributed by atoms with van der Waals surface area (Å²) in [6, 6.07) is 6.12. The first kappa shape index (κ1) is 12.3. The van der Waals surface area contributed by atoms with Crippen molar-refractivity contribution in [1.82, 2.24) is 4.98 Å². The lowest BCUT2D eigenvalue weighted by Crippen LogP contribution is -2.22. The predicted octanol–water partition coefficient (Wildman–Crippen LogP) is 2.74. The zero-order valence-electron chi connectivity index (χ0n) is 10.5. The zero-order chi connectivity index (χ0) is 13.5. The molecule has 0 saturated carbocycles. The number of carbonyl (C=O) groups excluding carboxylic acids is 1. The highest BCUT2D eigenvalue weighted by molar-refractivity contribution is 7.18. The van der Waals surface area contributed by atoms with Gasteiger partial charge in [0.2, 0.25) is 0 Å². The maximum Gasteiger partial charge on any atom is 0.178 e. The molecule has 1 aromatic heterocycles. The number of fused-ring (bicyclic) bond motifs is 1. The molecule has 2 aromatic rings. The third-order valence-corrected chi connectivity index (χ3v) is 4.37. The lowest BCUT2D eigenvalue weighted by Gasteiger charge is -2.19. The molecule has 1 N–H and O–H groups in total. The summed E-state index contributed by atoms with van der Waals surface area (Å²) in [7, 11) is 0. The first-order chi connectivity index (χ1) is 9.10. The van der Waals surface area contributed by atoms with Gasteiger partial charge in [-0.05, 0) is 48.4 Å². The van der Waals surface area contributed by atoms with E-state index in [0.717, 1.165) is 16.6 Å². The molecule has 0 spiro atoms. The highest BCUT2D eigenvalue weighted by Crippen LogP contribution is 2.34. The van der Waals surface area contributed by atoms with Crippen LogP contribution in [0.1, 0.15) is 17.5 Å². The molecule has 1 aliphatic rings. The van der Waals surface area contributed by atoms with E-state index in [2.05, 4.69) is 18.0 Å². The number of hydrogen-bond donors (Lipinski definition) is 1. The second-order valence-corrected chi connectivity index (χ2v) is 5.60. The first-order valence-electron chi connectivity index (χ1n) is 6.15. The number of aliphatic hydroxyl groups is 1. The monoisotopic (exact) mass is 271 g/mol. The summed E-state index contributed by atoms with van der Waals surface area (Å²) >= 11 is 1.46. The Morgan fingerprint density at radius 3 is 2.74 bits per heavy atom. The Labute approximate surface area is 114 Å². The van der Waals surface area contributed by atoms with Crippen LogP contribution in [-0.4, -0.2) is 15.9 Å². The van der Waals surface area contributed by atoms with Crippen molar-refractivity contribution in [2.75, 3.05) is 0 Å². The van der Waals surface area contributed by atoms with E-state index in [9.17, 15) is 9.90 Å². The molecule has 0 unspecified atom stereocenters. The number of hydrogen-bond acceptors (Lipinski definition) is 4. The number of nitrogens with zero attached hydrogens (tertiary/aromatic N) is 1. The van der Waals surface area contributed by atoms with Crippen LogP contribution in [0.2, 0.25) is 0 Å². The average Bonchev–Trinajstić information content (AvgIpc) is 2.86. The van der Waals surface area contributed by atoms with Crippen LogP contribution in [0.3, 0.4) is 0 Å². The topological polar surface area (TPSA) is 50.2 Å². The van der Waals surface area contributed by atoms with Crippen molar-refractivity contribution in [2.45, 2.75) is 18.9 Å². The van der Waals surface area contributed by atoms with Crippen LogP contribution in [0.15, 0.2) is 42.5 Å². The Hall–Kier alpha value is -1.78. The highest BCUT2D eigenvalue weighted by atomic mass is 32.1. The number of benzene rings is 1. The maximum absolute atomic E-state index is 11.1. The number of ketones is 1. The summed E-state index contributed by atoms with van der Waals surface area (Å²) in [5.41, 5.74) is 0.869. The fourth-order valence-electron chi connectivity index (χ4n) is 2.03. The molecule has 0 amide bonds. The van der Waals surface area contributed by atoms with Gasteiger partial charge in [-0.2, -0.15) is 0 Å². The summed E-state index contributed by atoms with van der Waals surface area (Å²) < 4.78 is 1.06. The first-order valence-corrected chi connectivity index (χ1v) is 6.97. The van der Waals surface area contributed by atoms with E-state index < -0.39 is 5.60 Å². The molecule has 0 atom stereocenters. The summed E-state index contributed by atoms with van der Waals surface area (Å²) in [6.07, 6.45) is 6.72. The van der Waals surface area contributed by atoms with Crippen LogP contribution in [0.4, 0.5) is 0 Å². The van der Waals surface area contributed by atoms with Gasteiger partial charge in [-0.15, -0.1) is 11.3 Å². The molecular formula is C15H13NO2S. The Morgan fingerprint density at radius 2 is 2.05 bits per heavy atom. The van der Waals surface area contributed by atoms with E-state index in [4.69, 9.17) is 0 Å². The van der Waals surface area contributed by atoms with Gasteiger partial charge in [-0.1, -0.05) is 13.0 Å². The van der Waals surface area contributed by atoms with E-state index in [0.29, 0.717) is 5.01 Å². The van der Waals surface area contributed by atoms with E-state index in [-0.39, 0.29) is 5.78 Å². The van der Waals surface area contributed by atoms with Crippen molar-refractivity contribution in [3.63, 3.8) is 0 Å². The Kier molecular flexibility index (Phi) is 2.84. The molecule has 3 nitrogen and oxygen atoms in total. The van der Waals surface area contributed by atoms with Gasteiger partial charge in [0.1, 0.15) is 5.01 Å². The molecule has 0 aliphatic heterocycles. The fourth-order valence-corrected chi connectivity index (χ4v) is 3.11. The molecule has 96 valence electrons. The van der Waals surface area contributed by atoms with Gasteiger partial charge in [0, 0.05) is 0 Å². The molecule has 0 bridgehead atoms. The Morgan fingerprint density at radius 1 is 1.32 bits per heavy atom. The van der Waals surface area contributed by atoms with Crippen molar-refractivity contribution >= 4 is 27.3 Å². The molecule has 3 rings (SSSR count). The maximum atomic E-state index is 11.1. The van der Waals surface area contributed by atoms with Crippen molar-refractivity contribution in [3.05, 3.63) is 53.1 Å². The van der Waals surface area contributed by atoms with Crippen LogP contribution >= 0.6 is 11.3 Å². The third kappa shape index (κ3) is 2.13. The molecule has 0 radical (unpaired) electrons. The van der Waals surface area contributed by atoms with E-state index in [1.54, 1.807) is 0 Å². The molecule has 0 fully saturated rings. The molecule has 1 heterocycles. The van der Waals surface area contributed by atoms with Crippen LogP contribution in [0, 0.1) is 0 Å². The summed E-state index contributed by atoms with van der Waals surface area (Å²) in [6.45, 7) is 2.11. The van der Waals surface area contributed by atoms with Crippen LogP contribution in [0.5, 0.6) is 0 Å². The molecule has 1 aliphatic carbocycles. The molecule has 19 heavy (non-hydrogen) atoms. The standard InChI is InChI=1S/C15H13NO2S/c1-2-10-3-4-12-13(9-10)19-14(16-12)15(18)7-5-11(17)6-8-15/h3-9,18H,2H2,1H3. The van der Waals surface area contributed by atoms with Crippen molar-refractivity contribution < 1.29 is 9.90 Å². The fraction of sp³-hybridized carbons (Fsp3) is 0.200. The minimum atomic E-state index is -1.26. The van der Waals surface area contributed by atoms with Crippen LogP contribution in [0.25, 0.3) is 10.2 Å². The smallest absolute Gasteiger partial charge is 0.178 e.